The first-order valence-electron chi connectivity index (χ1n) is 6.80. The molecule has 2 heteroatoms. The second-order valence-electron chi connectivity index (χ2n) is 5.00. The van der Waals surface area contributed by atoms with Crippen molar-refractivity contribution in [2.45, 2.75) is 50.9 Å². The van der Waals surface area contributed by atoms with E-state index in [1.807, 2.05) is 12.1 Å². The number of aliphatic hydroxyl groups excluding tert-OH is 1. The maximum Gasteiger partial charge on any atom is 0.0882 e. The van der Waals surface area contributed by atoms with Crippen molar-refractivity contribution in [3.8, 4) is 0 Å². The van der Waals surface area contributed by atoms with Gasteiger partial charge in [-0.05, 0) is 31.7 Å². The number of rotatable bonds is 7. The van der Waals surface area contributed by atoms with E-state index in [1.165, 1.54) is 5.56 Å². The maximum absolute atomic E-state index is 9.07. The number of ether oxygens (including phenoxy) is 1. The molecule has 1 N–H and O–H groups in total. The Labute approximate surface area is 109 Å². The average Bonchev–Trinajstić information content (AvgIpc) is 3.08. The zero-order valence-corrected chi connectivity index (χ0v) is 11.0. The van der Waals surface area contributed by atoms with Crippen molar-refractivity contribution in [3.63, 3.8) is 0 Å². The predicted octanol–water partition coefficient (Wildman–Crippen LogP) is 3.10. The van der Waals surface area contributed by atoms with E-state index in [9.17, 15) is 0 Å². The Morgan fingerprint density at radius 3 is 2.78 bits per heavy atom. The van der Waals surface area contributed by atoms with Gasteiger partial charge in [-0.1, -0.05) is 42.5 Å². The van der Waals surface area contributed by atoms with E-state index in [4.69, 9.17) is 9.84 Å². The predicted molar refractivity (Wildman–Crippen MR) is 73.5 cm³/mol. The summed E-state index contributed by atoms with van der Waals surface area (Å²) in [6, 6.07) is 10.5. The molecule has 1 saturated heterocycles. The van der Waals surface area contributed by atoms with Crippen molar-refractivity contribution in [1.82, 2.24) is 0 Å². The summed E-state index contributed by atoms with van der Waals surface area (Å²) in [5.41, 5.74) is 1.36. The summed E-state index contributed by atoms with van der Waals surface area (Å²) in [5, 5.41) is 9.07. The number of allylic oxidation sites excluding steroid dienone is 1. The summed E-state index contributed by atoms with van der Waals surface area (Å²) in [6.45, 7) is 1.77. The highest BCUT2D eigenvalue weighted by Crippen LogP contribution is 2.30. The quantitative estimate of drug-likeness (QED) is 0.455. The van der Waals surface area contributed by atoms with Crippen LogP contribution in [0.3, 0.4) is 0 Å². The average molecular weight is 246 g/mol. The van der Waals surface area contributed by atoms with Crippen LogP contribution >= 0.6 is 0 Å². The van der Waals surface area contributed by atoms with E-state index in [0.717, 1.165) is 25.7 Å². The zero-order chi connectivity index (χ0) is 12.8. The second kappa shape index (κ2) is 6.72. The van der Waals surface area contributed by atoms with Crippen LogP contribution in [-0.4, -0.2) is 23.4 Å². The number of hydrogen-bond donors (Lipinski definition) is 1. The van der Waals surface area contributed by atoms with Crippen LogP contribution in [0.25, 0.3) is 0 Å². The van der Waals surface area contributed by atoms with E-state index in [1.54, 1.807) is 6.92 Å². The fourth-order valence-corrected chi connectivity index (χ4v) is 2.19. The Balaban J connectivity index is 1.58. The monoisotopic (exact) mass is 246 g/mol. The molecule has 2 nitrogen and oxygen atoms in total. The molecule has 2 rings (SSSR count). The molecule has 1 aromatic rings. The number of epoxide rings is 1. The lowest BCUT2D eigenvalue weighted by atomic mass is 10.1. The highest BCUT2D eigenvalue weighted by molar-refractivity contribution is 5.17. The first kappa shape index (κ1) is 13.3. The highest BCUT2D eigenvalue weighted by Gasteiger charge is 2.37. The molecule has 1 fully saturated rings. The van der Waals surface area contributed by atoms with E-state index >= 15 is 0 Å². The molecule has 0 saturated carbocycles. The van der Waals surface area contributed by atoms with Gasteiger partial charge in [0.15, 0.2) is 0 Å². The SMILES string of the molecule is CC(O)/C=C/CCC[C@H]1O[C@@H]1Cc1ccccc1. The Morgan fingerprint density at radius 1 is 1.28 bits per heavy atom. The van der Waals surface area contributed by atoms with Gasteiger partial charge in [-0.3, -0.25) is 0 Å². The molecule has 1 aliphatic rings. The molecule has 0 spiro atoms. The zero-order valence-electron chi connectivity index (χ0n) is 11.0. The lowest BCUT2D eigenvalue weighted by Gasteiger charge is -1.97. The maximum atomic E-state index is 9.07. The van der Waals surface area contributed by atoms with Crippen molar-refractivity contribution in [2.24, 2.45) is 0 Å². The highest BCUT2D eigenvalue weighted by atomic mass is 16.6. The Hall–Kier alpha value is -1.12. The van der Waals surface area contributed by atoms with Crippen LogP contribution in [0.5, 0.6) is 0 Å². The van der Waals surface area contributed by atoms with Crippen LogP contribution in [0, 0.1) is 0 Å². The molecule has 0 aliphatic carbocycles. The van der Waals surface area contributed by atoms with Gasteiger partial charge in [-0.25, -0.2) is 0 Å². The molecule has 0 radical (unpaired) electrons. The summed E-state index contributed by atoms with van der Waals surface area (Å²) in [5.74, 6) is 0. The van der Waals surface area contributed by atoms with Crippen LogP contribution in [0.1, 0.15) is 31.7 Å². The van der Waals surface area contributed by atoms with Crippen molar-refractivity contribution < 1.29 is 9.84 Å². The number of hydrogen-bond acceptors (Lipinski definition) is 2. The summed E-state index contributed by atoms with van der Waals surface area (Å²) in [6.07, 6.45) is 8.78. The first-order valence-corrected chi connectivity index (χ1v) is 6.80. The molecule has 0 aromatic heterocycles. The third-order valence-electron chi connectivity index (χ3n) is 3.24. The van der Waals surface area contributed by atoms with Gasteiger partial charge in [0.1, 0.15) is 0 Å². The molecular weight excluding hydrogens is 224 g/mol. The molecule has 1 unspecified atom stereocenters. The number of unbranched alkanes of at least 4 members (excludes halogenated alkanes) is 1. The van der Waals surface area contributed by atoms with Crippen molar-refractivity contribution in [1.29, 1.82) is 0 Å². The molecule has 3 atom stereocenters. The van der Waals surface area contributed by atoms with E-state index < -0.39 is 0 Å². The van der Waals surface area contributed by atoms with Crippen molar-refractivity contribution >= 4 is 0 Å². The lowest BCUT2D eigenvalue weighted by Crippen LogP contribution is -1.98. The van der Waals surface area contributed by atoms with Gasteiger partial charge in [0.05, 0.1) is 18.3 Å². The lowest BCUT2D eigenvalue weighted by molar-refractivity contribution is 0.243. The van der Waals surface area contributed by atoms with E-state index in [0.29, 0.717) is 12.2 Å². The Bertz CT molecular complexity index is 370. The van der Waals surface area contributed by atoms with Crippen LogP contribution in [0.15, 0.2) is 42.5 Å². The molecule has 18 heavy (non-hydrogen) atoms. The topological polar surface area (TPSA) is 32.8 Å². The van der Waals surface area contributed by atoms with Crippen LogP contribution in [0.4, 0.5) is 0 Å². The second-order valence-corrected chi connectivity index (χ2v) is 5.00. The van der Waals surface area contributed by atoms with Gasteiger partial charge in [0, 0.05) is 6.42 Å². The summed E-state index contributed by atoms with van der Waals surface area (Å²) < 4.78 is 5.68. The summed E-state index contributed by atoms with van der Waals surface area (Å²) in [4.78, 5) is 0. The molecule has 1 aliphatic heterocycles. The minimum absolute atomic E-state index is 0.326. The van der Waals surface area contributed by atoms with Gasteiger partial charge in [0.25, 0.3) is 0 Å². The third kappa shape index (κ3) is 4.63. The van der Waals surface area contributed by atoms with Gasteiger partial charge >= 0.3 is 0 Å². The first-order chi connectivity index (χ1) is 8.75. The molecule has 98 valence electrons. The van der Waals surface area contributed by atoms with Crippen LogP contribution in [0.2, 0.25) is 0 Å². The van der Waals surface area contributed by atoms with Crippen molar-refractivity contribution in [3.05, 3.63) is 48.0 Å². The fourth-order valence-electron chi connectivity index (χ4n) is 2.19. The van der Waals surface area contributed by atoms with Crippen molar-refractivity contribution in [2.75, 3.05) is 0 Å². The van der Waals surface area contributed by atoms with Gasteiger partial charge < -0.3 is 9.84 Å². The summed E-state index contributed by atoms with van der Waals surface area (Å²) in [7, 11) is 0. The molecular formula is C16H22O2. The summed E-state index contributed by atoms with van der Waals surface area (Å²) >= 11 is 0. The van der Waals surface area contributed by atoms with Crippen LogP contribution in [-0.2, 0) is 11.2 Å². The number of benzene rings is 1. The normalized spacial score (nSPS) is 24.3. The minimum Gasteiger partial charge on any atom is -0.389 e. The number of aliphatic hydroxyl groups is 1. The smallest absolute Gasteiger partial charge is 0.0882 e. The van der Waals surface area contributed by atoms with Gasteiger partial charge in [0.2, 0.25) is 0 Å². The third-order valence-corrected chi connectivity index (χ3v) is 3.24. The Morgan fingerprint density at radius 2 is 2.06 bits per heavy atom. The standard InChI is InChI=1S/C16H22O2/c1-13(17)8-4-2-7-11-15-16(18-15)12-14-9-5-3-6-10-14/h3-6,8-10,13,15-17H,2,7,11-12H2,1H3/b8-4+/t13?,15-,16-/m1/s1. The molecule has 1 heterocycles. The Kier molecular flexibility index (Phi) is 4.97. The minimum atomic E-state index is -0.326. The molecule has 1 aromatic carbocycles. The largest absolute Gasteiger partial charge is 0.389 e. The molecule has 0 amide bonds. The van der Waals surface area contributed by atoms with Gasteiger partial charge in [-0.15, -0.1) is 0 Å². The molecule has 0 bridgehead atoms. The van der Waals surface area contributed by atoms with Gasteiger partial charge in [-0.2, -0.15) is 0 Å². The fraction of sp³-hybridized carbons (Fsp3) is 0.500. The van der Waals surface area contributed by atoms with Crippen LogP contribution < -0.4 is 0 Å². The van der Waals surface area contributed by atoms with E-state index in [2.05, 4.69) is 30.3 Å². The van der Waals surface area contributed by atoms with E-state index in [-0.39, 0.29) is 6.10 Å².